The highest BCUT2D eigenvalue weighted by Crippen LogP contribution is 2.36. The zero-order chi connectivity index (χ0) is 17.8. The third kappa shape index (κ3) is 5.91. The molecule has 0 heterocycles. The molecule has 0 aliphatic rings. The van der Waals surface area contributed by atoms with E-state index in [1.807, 2.05) is 27.7 Å². The van der Waals surface area contributed by atoms with Gasteiger partial charge in [0.05, 0.1) is 18.1 Å². The molecule has 1 aromatic rings. The molecule has 0 radical (unpaired) electrons. The molecular weight excluding hydrogens is 344 g/mol. The fourth-order valence-corrected chi connectivity index (χ4v) is 2.41. The van der Waals surface area contributed by atoms with Crippen molar-refractivity contribution in [2.45, 2.75) is 32.6 Å². The van der Waals surface area contributed by atoms with Crippen molar-refractivity contribution >= 4 is 25.7 Å². The zero-order valence-corrected chi connectivity index (χ0v) is 15.1. The van der Waals surface area contributed by atoms with Crippen molar-refractivity contribution in [1.82, 2.24) is 0 Å². The van der Waals surface area contributed by atoms with E-state index in [1.165, 1.54) is 6.07 Å². The fraction of sp³-hybridized carbons (Fsp3) is 0.533. The number of rotatable bonds is 8. The average molecular weight is 365 g/mol. The Hall–Kier alpha value is -1.47. The second-order valence-electron chi connectivity index (χ2n) is 5.95. The molecule has 0 fully saturated rings. The van der Waals surface area contributed by atoms with Gasteiger partial charge in [0.15, 0.2) is 11.5 Å². The summed E-state index contributed by atoms with van der Waals surface area (Å²) in [5.74, 6) is -0.932. The second-order valence-corrected chi connectivity index (χ2v) is 8.52. The SMILES string of the molecule is CC(C)COc1cc(S(=O)(=O)Cl)cc(C(=O)O)c1OCC(C)C. The standard InChI is InChI=1S/C15H21ClO6S/c1-9(2)7-21-13-6-11(23(16,19)20)5-12(15(17)18)14(13)22-8-10(3)4/h5-6,9-10H,7-8H2,1-4H3,(H,17,18). The minimum atomic E-state index is -4.09. The van der Waals surface area contributed by atoms with Crippen molar-refractivity contribution in [3.8, 4) is 11.5 Å². The van der Waals surface area contributed by atoms with Crippen LogP contribution in [0.15, 0.2) is 17.0 Å². The Morgan fingerprint density at radius 2 is 1.65 bits per heavy atom. The van der Waals surface area contributed by atoms with Gasteiger partial charge in [-0.05, 0) is 17.9 Å². The largest absolute Gasteiger partial charge is 0.489 e. The maximum absolute atomic E-state index is 11.6. The van der Waals surface area contributed by atoms with Crippen LogP contribution in [0.25, 0.3) is 0 Å². The summed E-state index contributed by atoms with van der Waals surface area (Å²) in [6.07, 6.45) is 0. The maximum Gasteiger partial charge on any atom is 0.339 e. The van der Waals surface area contributed by atoms with Gasteiger partial charge in [0.25, 0.3) is 9.05 Å². The number of carbonyl (C=O) groups is 1. The second kappa shape index (κ2) is 7.88. The van der Waals surface area contributed by atoms with Crippen LogP contribution in [0.2, 0.25) is 0 Å². The van der Waals surface area contributed by atoms with E-state index < -0.39 is 15.0 Å². The Kier molecular flexibility index (Phi) is 6.70. The van der Waals surface area contributed by atoms with Crippen LogP contribution in [0.5, 0.6) is 11.5 Å². The summed E-state index contributed by atoms with van der Waals surface area (Å²) in [5.41, 5.74) is -0.300. The van der Waals surface area contributed by atoms with Crippen LogP contribution in [0, 0.1) is 11.8 Å². The molecule has 8 heteroatoms. The third-order valence-electron chi connectivity index (χ3n) is 2.67. The number of aromatic carboxylic acids is 1. The van der Waals surface area contributed by atoms with Gasteiger partial charge < -0.3 is 14.6 Å². The van der Waals surface area contributed by atoms with Crippen LogP contribution < -0.4 is 9.47 Å². The first-order valence-electron chi connectivity index (χ1n) is 7.14. The lowest BCUT2D eigenvalue weighted by Crippen LogP contribution is -2.13. The highest BCUT2D eigenvalue weighted by Gasteiger charge is 2.24. The van der Waals surface area contributed by atoms with E-state index in [4.69, 9.17) is 20.2 Å². The summed E-state index contributed by atoms with van der Waals surface area (Å²) < 4.78 is 34.2. The molecule has 0 amide bonds. The quantitative estimate of drug-likeness (QED) is 0.711. The molecule has 0 aliphatic carbocycles. The van der Waals surface area contributed by atoms with E-state index in [0.717, 1.165) is 6.07 Å². The predicted molar refractivity (Wildman–Crippen MR) is 87.1 cm³/mol. The highest BCUT2D eigenvalue weighted by atomic mass is 35.7. The van der Waals surface area contributed by atoms with E-state index in [1.54, 1.807) is 0 Å². The summed E-state index contributed by atoms with van der Waals surface area (Å²) >= 11 is 0. The van der Waals surface area contributed by atoms with Crippen LogP contribution in [0.3, 0.4) is 0 Å². The minimum absolute atomic E-state index is 0.0101. The average Bonchev–Trinajstić information content (AvgIpc) is 2.40. The maximum atomic E-state index is 11.6. The summed E-state index contributed by atoms with van der Waals surface area (Å²) in [6.45, 7) is 8.19. The summed E-state index contributed by atoms with van der Waals surface area (Å²) in [5, 5.41) is 9.35. The van der Waals surface area contributed by atoms with E-state index >= 15 is 0 Å². The Morgan fingerprint density at radius 1 is 1.13 bits per heavy atom. The molecule has 130 valence electrons. The minimum Gasteiger partial charge on any atom is -0.489 e. The Labute approximate surface area is 140 Å². The molecule has 0 unspecified atom stereocenters. The normalized spacial score (nSPS) is 11.8. The molecule has 0 bridgehead atoms. The van der Waals surface area contributed by atoms with Crippen LogP contribution in [-0.2, 0) is 9.05 Å². The molecule has 1 aromatic carbocycles. The zero-order valence-electron chi connectivity index (χ0n) is 13.5. The molecule has 0 aliphatic heterocycles. The van der Waals surface area contributed by atoms with Gasteiger partial charge in [-0.25, -0.2) is 13.2 Å². The molecule has 0 atom stereocenters. The van der Waals surface area contributed by atoms with Crippen LogP contribution in [0.1, 0.15) is 38.1 Å². The van der Waals surface area contributed by atoms with Gasteiger partial charge in [-0.3, -0.25) is 0 Å². The van der Waals surface area contributed by atoms with Crippen LogP contribution >= 0.6 is 10.7 Å². The molecule has 0 aromatic heterocycles. The van der Waals surface area contributed by atoms with Crippen LogP contribution in [-0.4, -0.2) is 32.7 Å². The Bertz CT molecular complexity index is 667. The molecule has 0 saturated heterocycles. The van der Waals surface area contributed by atoms with E-state index in [2.05, 4.69) is 0 Å². The lowest BCUT2D eigenvalue weighted by molar-refractivity contribution is 0.0689. The lowest BCUT2D eigenvalue weighted by Gasteiger charge is -2.18. The first-order valence-corrected chi connectivity index (χ1v) is 9.45. The number of hydrogen-bond acceptors (Lipinski definition) is 5. The van der Waals surface area contributed by atoms with Crippen molar-refractivity contribution < 1.29 is 27.8 Å². The number of hydrogen-bond donors (Lipinski definition) is 1. The number of halogens is 1. The number of ether oxygens (including phenoxy) is 2. The van der Waals surface area contributed by atoms with E-state index in [-0.39, 0.29) is 47.0 Å². The van der Waals surface area contributed by atoms with Gasteiger partial charge in [-0.1, -0.05) is 27.7 Å². The van der Waals surface area contributed by atoms with Crippen molar-refractivity contribution in [2.75, 3.05) is 13.2 Å². The van der Waals surface area contributed by atoms with Crippen molar-refractivity contribution in [1.29, 1.82) is 0 Å². The molecular formula is C15H21ClO6S. The monoisotopic (exact) mass is 364 g/mol. The summed E-state index contributed by atoms with van der Waals surface area (Å²) in [4.78, 5) is 11.1. The van der Waals surface area contributed by atoms with Gasteiger partial charge in [-0.2, -0.15) is 0 Å². The third-order valence-corrected chi connectivity index (χ3v) is 4.01. The van der Waals surface area contributed by atoms with Crippen molar-refractivity contribution in [3.63, 3.8) is 0 Å². The molecule has 6 nitrogen and oxygen atoms in total. The number of carboxylic acid groups (broad SMARTS) is 1. The smallest absolute Gasteiger partial charge is 0.339 e. The van der Waals surface area contributed by atoms with E-state index in [0.29, 0.717) is 0 Å². The predicted octanol–water partition coefficient (Wildman–Crippen LogP) is 3.38. The Balaban J connectivity index is 3.44. The molecule has 0 spiro atoms. The van der Waals surface area contributed by atoms with Gasteiger partial charge >= 0.3 is 5.97 Å². The Morgan fingerprint density at radius 3 is 2.09 bits per heavy atom. The van der Waals surface area contributed by atoms with Gasteiger partial charge in [-0.15, -0.1) is 0 Å². The van der Waals surface area contributed by atoms with Crippen molar-refractivity contribution in [3.05, 3.63) is 17.7 Å². The van der Waals surface area contributed by atoms with Gasteiger partial charge in [0, 0.05) is 16.7 Å². The van der Waals surface area contributed by atoms with Crippen LogP contribution in [0.4, 0.5) is 0 Å². The number of carboxylic acids is 1. The van der Waals surface area contributed by atoms with Gasteiger partial charge in [0.1, 0.15) is 5.56 Å². The number of benzene rings is 1. The molecule has 1 rings (SSSR count). The lowest BCUT2D eigenvalue weighted by atomic mass is 10.1. The first kappa shape index (κ1) is 19.6. The fourth-order valence-electron chi connectivity index (χ4n) is 1.64. The van der Waals surface area contributed by atoms with E-state index in [9.17, 15) is 18.3 Å². The molecule has 1 N–H and O–H groups in total. The first-order chi connectivity index (χ1) is 10.5. The van der Waals surface area contributed by atoms with Gasteiger partial charge in [0.2, 0.25) is 0 Å². The highest BCUT2D eigenvalue weighted by molar-refractivity contribution is 8.13. The molecule has 0 saturated carbocycles. The van der Waals surface area contributed by atoms with Crippen molar-refractivity contribution in [2.24, 2.45) is 11.8 Å². The summed E-state index contributed by atoms with van der Waals surface area (Å²) in [7, 11) is 1.24. The molecule has 23 heavy (non-hydrogen) atoms. The summed E-state index contributed by atoms with van der Waals surface area (Å²) in [6, 6.07) is 2.16. The topological polar surface area (TPSA) is 89.9 Å².